The van der Waals surface area contributed by atoms with E-state index in [4.69, 9.17) is 9.47 Å². The highest BCUT2D eigenvalue weighted by atomic mass is 16.5. The first-order valence-corrected chi connectivity index (χ1v) is 9.63. The topological polar surface area (TPSA) is 51.7 Å². The second kappa shape index (κ2) is 7.79. The zero-order valence-corrected chi connectivity index (χ0v) is 15.8. The quantitative estimate of drug-likeness (QED) is 0.737. The van der Waals surface area contributed by atoms with E-state index in [1.165, 1.54) is 0 Å². The largest absolute Gasteiger partial charge is 0.377 e. The fraction of sp³-hybridized carbons (Fsp3) is 0.455. The molecule has 1 amide bonds. The highest BCUT2D eigenvalue weighted by Gasteiger charge is 2.54. The minimum atomic E-state index is -0.169. The summed E-state index contributed by atoms with van der Waals surface area (Å²) >= 11 is 0. The summed E-state index contributed by atoms with van der Waals surface area (Å²) in [5.41, 5.74) is 2.79. The number of aryl methyl sites for hydroxylation is 1. The Balaban J connectivity index is 1.27. The maximum Gasteiger partial charge on any atom is 0.254 e. The van der Waals surface area contributed by atoms with Gasteiger partial charge in [-0.2, -0.15) is 0 Å². The zero-order valence-electron chi connectivity index (χ0n) is 15.8. The second-order valence-electron chi connectivity index (χ2n) is 7.63. The van der Waals surface area contributed by atoms with Gasteiger partial charge in [0.25, 0.3) is 5.91 Å². The summed E-state index contributed by atoms with van der Waals surface area (Å²) in [5.74, 6) is 0.555. The number of carbonyl (C=O) groups excluding carboxylic acids is 1. The van der Waals surface area contributed by atoms with Gasteiger partial charge in [-0.1, -0.05) is 23.8 Å². The summed E-state index contributed by atoms with van der Waals surface area (Å²) in [6, 6.07) is 11.7. The first-order valence-electron chi connectivity index (χ1n) is 9.63. The van der Waals surface area contributed by atoms with Crippen LogP contribution in [-0.2, 0) is 16.1 Å². The van der Waals surface area contributed by atoms with Crippen molar-refractivity contribution in [1.82, 2.24) is 9.88 Å². The number of amides is 1. The molecule has 2 fully saturated rings. The van der Waals surface area contributed by atoms with Gasteiger partial charge in [0.05, 0.1) is 19.7 Å². The normalized spacial score (nSPS) is 20.6. The smallest absolute Gasteiger partial charge is 0.254 e. The third kappa shape index (κ3) is 3.89. The molecule has 0 bridgehead atoms. The van der Waals surface area contributed by atoms with Gasteiger partial charge in [-0.05, 0) is 49.4 Å². The molecule has 2 aliphatic heterocycles. The lowest BCUT2D eigenvalue weighted by Crippen LogP contribution is -2.66. The highest BCUT2D eigenvalue weighted by molar-refractivity contribution is 5.95. The molecule has 0 radical (unpaired) electrons. The number of carbonyl (C=O) groups is 1. The van der Waals surface area contributed by atoms with E-state index < -0.39 is 0 Å². The molecular formula is C22H26N2O3. The van der Waals surface area contributed by atoms with Crippen LogP contribution >= 0.6 is 0 Å². The molecule has 5 heteroatoms. The summed E-state index contributed by atoms with van der Waals surface area (Å²) in [4.78, 5) is 18.7. The lowest BCUT2D eigenvalue weighted by molar-refractivity contribution is -0.120. The predicted octanol–water partition coefficient (Wildman–Crippen LogP) is 3.23. The van der Waals surface area contributed by atoms with Crippen LogP contribution in [0.3, 0.4) is 0 Å². The van der Waals surface area contributed by atoms with E-state index in [0.717, 1.165) is 36.1 Å². The Morgan fingerprint density at radius 2 is 2.22 bits per heavy atom. The minimum Gasteiger partial charge on any atom is -0.377 e. The van der Waals surface area contributed by atoms with Crippen LogP contribution in [-0.4, -0.2) is 47.7 Å². The molecule has 0 unspecified atom stereocenters. The molecule has 0 N–H and O–H groups in total. The van der Waals surface area contributed by atoms with E-state index >= 15 is 0 Å². The minimum absolute atomic E-state index is 0.103. The van der Waals surface area contributed by atoms with Crippen molar-refractivity contribution >= 4 is 5.91 Å². The van der Waals surface area contributed by atoms with Crippen molar-refractivity contribution in [1.29, 1.82) is 0 Å². The standard InChI is InChI=1S/C22H26N2O3/c1-17-4-2-6-19(12-17)21(25)24-15-22(16-24)20(8-11-27-22)7-10-26-14-18-5-3-9-23-13-18/h2-6,9,12-13,20H,7-8,10-11,14-16H2,1H3/t20-/m1/s1. The SMILES string of the molecule is Cc1cccc(C(=O)N2CC3(C2)OCC[C@H]3CCOCc2cccnc2)c1. The number of hydrogen-bond acceptors (Lipinski definition) is 4. The van der Waals surface area contributed by atoms with Crippen LogP contribution in [0, 0.1) is 12.8 Å². The molecule has 1 atom stereocenters. The maximum absolute atomic E-state index is 12.7. The summed E-state index contributed by atoms with van der Waals surface area (Å²) in [6.07, 6.45) is 5.61. The van der Waals surface area contributed by atoms with Crippen LogP contribution in [0.5, 0.6) is 0 Å². The molecule has 5 nitrogen and oxygen atoms in total. The Bertz CT molecular complexity index is 787. The lowest BCUT2D eigenvalue weighted by atomic mass is 9.79. The molecular weight excluding hydrogens is 340 g/mol. The molecule has 0 aliphatic carbocycles. The number of hydrogen-bond donors (Lipinski definition) is 0. The van der Waals surface area contributed by atoms with Gasteiger partial charge in [0.15, 0.2) is 0 Å². The molecule has 2 saturated heterocycles. The van der Waals surface area contributed by atoms with Crippen molar-refractivity contribution in [3.05, 3.63) is 65.5 Å². The maximum atomic E-state index is 12.7. The van der Waals surface area contributed by atoms with Gasteiger partial charge >= 0.3 is 0 Å². The Morgan fingerprint density at radius 1 is 1.33 bits per heavy atom. The van der Waals surface area contributed by atoms with Gasteiger partial charge < -0.3 is 14.4 Å². The van der Waals surface area contributed by atoms with E-state index in [2.05, 4.69) is 4.98 Å². The average Bonchev–Trinajstić information content (AvgIpc) is 3.08. The van der Waals surface area contributed by atoms with Crippen molar-refractivity contribution in [2.24, 2.45) is 5.92 Å². The van der Waals surface area contributed by atoms with Crippen LogP contribution in [0.4, 0.5) is 0 Å². The fourth-order valence-electron chi connectivity index (χ4n) is 4.15. The zero-order chi connectivity index (χ0) is 18.7. The lowest BCUT2D eigenvalue weighted by Gasteiger charge is -2.50. The first kappa shape index (κ1) is 18.1. The van der Waals surface area contributed by atoms with Crippen LogP contribution < -0.4 is 0 Å². The van der Waals surface area contributed by atoms with Gasteiger partial charge in [-0.25, -0.2) is 0 Å². The van der Waals surface area contributed by atoms with Gasteiger partial charge in [0, 0.05) is 31.2 Å². The molecule has 142 valence electrons. The van der Waals surface area contributed by atoms with Crippen molar-refractivity contribution in [2.45, 2.75) is 32.0 Å². The number of benzene rings is 1. The monoisotopic (exact) mass is 366 g/mol. The van der Waals surface area contributed by atoms with Gasteiger partial charge in [-0.3, -0.25) is 9.78 Å². The Hall–Kier alpha value is -2.24. The Labute approximate surface area is 160 Å². The molecule has 1 spiro atoms. The first-order chi connectivity index (χ1) is 13.2. The van der Waals surface area contributed by atoms with Crippen molar-refractivity contribution < 1.29 is 14.3 Å². The van der Waals surface area contributed by atoms with Crippen LogP contribution in [0.25, 0.3) is 0 Å². The third-order valence-electron chi connectivity index (χ3n) is 5.67. The van der Waals surface area contributed by atoms with E-state index in [1.807, 2.05) is 54.4 Å². The molecule has 1 aromatic heterocycles. The van der Waals surface area contributed by atoms with E-state index in [9.17, 15) is 4.79 Å². The highest BCUT2D eigenvalue weighted by Crippen LogP contribution is 2.42. The van der Waals surface area contributed by atoms with Crippen molar-refractivity contribution in [3.63, 3.8) is 0 Å². The number of aromatic nitrogens is 1. The Kier molecular flexibility index (Phi) is 5.23. The number of likely N-dealkylation sites (tertiary alicyclic amines) is 1. The molecule has 2 aromatic rings. The molecule has 2 aliphatic rings. The van der Waals surface area contributed by atoms with Crippen LogP contribution in [0.15, 0.2) is 48.8 Å². The fourth-order valence-corrected chi connectivity index (χ4v) is 4.15. The number of pyridine rings is 1. The number of ether oxygens (including phenoxy) is 2. The summed E-state index contributed by atoms with van der Waals surface area (Å²) in [7, 11) is 0. The van der Waals surface area contributed by atoms with Crippen molar-refractivity contribution in [2.75, 3.05) is 26.3 Å². The number of nitrogens with zero attached hydrogens (tertiary/aromatic N) is 2. The van der Waals surface area contributed by atoms with Gasteiger partial charge in [-0.15, -0.1) is 0 Å². The van der Waals surface area contributed by atoms with Gasteiger partial charge in [0.1, 0.15) is 5.60 Å². The molecule has 0 saturated carbocycles. The summed E-state index contributed by atoms with van der Waals surface area (Å²) in [5, 5.41) is 0. The summed E-state index contributed by atoms with van der Waals surface area (Å²) < 4.78 is 11.9. The van der Waals surface area contributed by atoms with Crippen LogP contribution in [0.1, 0.15) is 34.3 Å². The molecule has 1 aromatic carbocycles. The van der Waals surface area contributed by atoms with E-state index in [-0.39, 0.29) is 11.5 Å². The third-order valence-corrected chi connectivity index (χ3v) is 5.67. The average molecular weight is 366 g/mol. The molecule has 3 heterocycles. The van der Waals surface area contributed by atoms with Crippen LogP contribution in [0.2, 0.25) is 0 Å². The molecule has 4 rings (SSSR count). The second-order valence-corrected chi connectivity index (χ2v) is 7.63. The predicted molar refractivity (Wildman–Crippen MR) is 102 cm³/mol. The van der Waals surface area contributed by atoms with E-state index in [1.54, 1.807) is 6.20 Å². The van der Waals surface area contributed by atoms with Crippen molar-refractivity contribution in [3.8, 4) is 0 Å². The summed E-state index contributed by atoms with van der Waals surface area (Å²) in [6.45, 7) is 5.46. The molecule has 27 heavy (non-hydrogen) atoms. The van der Waals surface area contributed by atoms with Gasteiger partial charge in [0.2, 0.25) is 0 Å². The Morgan fingerprint density at radius 3 is 3.00 bits per heavy atom. The number of rotatable bonds is 6. The van der Waals surface area contributed by atoms with E-state index in [0.29, 0.717) is 32.2 Å².